The molecule has 0 aromatic heterocycles. The van der Waals surface area contributed by atoms with Crippen molar-refractivity contribution < 1.29 is 4.74 Å². The standard InChI is InChI=1S/C18H16BrNO/c1-12(20)15-10-9-14(11-17(15)19)21-18-8-4-6-13-5-2-3-7-16(13)18/h2-12H,20H2,1H3/t12-/m0/s1. The zero-order chi connectivity index (χ0) is 14.8. The van der Waals surface area contributed by atoms with Gasteiger partial charge in [0.2, 0.25) is 0 Å². The number of rotatable bonds is 3. The third-order valence-electron chi connectivity index (χ3n) is 3.44. The first-order valence-electron chi connectivity index (χ1n) is 6.86. The van der Waals surface area contributed by atoms with Crippen LogP contribution in [-0.4, -0.2) is 0 Å². The van der Waals surface area contributed by atoms with Crippen molar-refractivity contribution in [3.8, 4) is 11.5 Å². The molecule has 0 heterocycles. The second-order valence-electron chi connectivity index (χ2n) is 5.05. The molecular formula is C18H16BrNO. The van der Waals surface area contributed by atoms with Crippen LogP contribution in [0.1, 0.15) is 18.5 Å². The predicted octanol–water partition coefficient (Wildman–Crippen LogP) is 5.41. The van der Waals surface area contributed by atoms with Crippen LogP contribution in [-0.2, 0) is 0 Å². The molecule has 3 aromatic rings. The Hall–Kier alpha value is -1.84. The summed E-state index contributed by atoms with van der Waals surface area (Å²) in [6, 6.07) is 20.2. The van der Waals surface area contributed by atoms with Crippen LogP contribution in [0.2, 0.25) is 0 Å². The summed E-state index contributed by atoms with van der Waals surface area (Å²) in [6.45, 7) is 1.96. The SMILES string of the molecule is C[C@H](N)c1ccc(Oc2cccc3ccccc23)cc1Br. The largest absolute Gasteiger partial charge is 0.457 e. The highest BCUT2D eigenvalue weighted by molar-refractivity contribution is 9.10. The Kier molecular flexibility index (Phi) is 3.95. The van der Waals surface area contributed by atoms with E-state index in [2.05, 4.69) is 34.1 Å². The zero-order valence-corrected chi connectivity index (χ0v) is 13.3. The minimum atomic E-state index is -0.00835. The van der Waals surface area contributed by atoms with E-state index in [0.717, 1.165) is 26.9 Å². The molecule has 0 fully saturated rings. The smallest absolute Gasteiger partial charge is 0.135 e. The van der Waals surface area contributed by atoms with Gasteiger partial charge in [0.05, 0.1) is 0 Å². The lowest BCUT2D eigenvalue weighted by atomic mass is 10.1. The van der Waals surface area contributed by atoms with Gasteiger partial charge in [0.25, 0.3) is 0 Å². The van der Waals surface area contributed by atoms with E-state index < -0.39 is 0 Å². The highest BCUT2D eigenvalue weighted by Gasteiger charge is 2.08. The first kappa shape index (κ1) is 14.1. The summed E-state index contributed by atoms with van der Waals surface area (Å²) >= 11 is 3.55. The Morgan fingerprint density at radius 3 is 2.52 bits per heavy atom. The van der Waals surface area contributed by atoms with Gasteiger partial charge >= 0.3 is 0 Å². The van der Waals surface area contributed by atoms with E-state index >= 15 is 0 Å². The lowest BCUT2D eigenvalue weighted by Crippen LogP contribution is -2.05. The molecule has 1 atom stereocenters. The number of halogens is 1. The lowest BCUT2D eigenvalue weighted by molar-refractivity contribution is 0.487. The molecule has 0 aliphatic heterocycles. The van der Waals surface area contributed by atoms with Gasteiger partial charge in [-0.15, -0.1) is 0 Å². The van der Waals surface area contributed by atoms with E-state index in [1.54, 1.807) is 0 Å². The van der Waals surface area contributed by atoms with Crippen LogP contribution in [0.3, 0.4) is 0 Å². The molecule has 0 saturated heterocycles. The molecule has 0 aliphatic rings. The van der Waals surface area contributed by atoms with E-state index in [1.165, 1.54) is 5.39 Å². The van der Waals surface area contributed by atoms with Crippen LogP contribution in [0.15, 0.2) is 65.1 Å². The molecule has 2 nitrogen and oxygen atoms in total. The molecule has 3 rings (SSSR count). The Labute approximate surface area is 132 Å². The number of benzene rings is 3. The Bertz CT molecular complexity index is 778. The molecule has 2 N–H and O–H groups in total. The van der Waals surface area contributed by atoms with Crippen LogP contribution in [0.4, 0.5) is 0 Å². The van der Waals surface area contributed by atoms with Gasteiger partial charge in [-0.1, -0.05) is 58.4 Å². The second-order valence-corrected chi connectivity index (χ2v) is 5.91. The molecular weight excluding hydrogens is 326 g/mol. The van der Waals surface area contributed by atoms with Gasteiger partial charge in [-0.05, 0) is 36.1 Å². The summed E-state index contributed by atoms with van der Waals surface area (Å²) in [5.74, 6) is 1.65. The molecule has 0 saturated carbocycles. The minimum absolute atomic E-state index is 0.00835. The maximum atomic E-state index is 6.04. The molecule has 0 spiro atoms. The van der Waals surface area contributed by atoms with Crippen molar-refractivity contribution in [3.05, 3.63) is 70.7 Å². The predicted molar refractivity (Wildman–Crippen MR) is 90.8 cm³/mol. The number of ether oxygens (including phenoxy) is 1. The summed E-state index contributed by atoms with van der Waals surface area (Å²) in [5, 5.41) is 2.27. The first-order valence-corrected chi connectivity index (χ1v) is 7.65. The van der Waals surface area contributed by atoms with Gasteiger partial charge in [0, 0.05) is 15.9 Å². The maximum Gasteiger partial charge on any atom is 0.135 e. The van der Waals surface area contributed by atoms with Crippen LogP contribution in [0, 0.1) is 0 Å². The van der Waals surface area contributed by atoms with Crippen molar-refractivity contribution >= 4 is 26.7 Å². The number of nitrogens with two attached hydrogens (primary N) is 1. The monoisotopic (exact) mass is 341 g/mol. The van der Waals surface area contributed by atoms with Crippen molar-refractivity contribution in [1.82, 2.24) is 0 Å². The van der Waals surface area contributed by atoms with Crippen molar-refractivity contribution in [2.45, 2.75) is 13.0 Å². The summed E-state index contributed by atoms with van der Waals surface area (Å²) in [4.78, 5) is 0. The van der Waals surface area contributed by atoms with Crippen LogP contribution in [0.5, 0.6) is 11.5 Å². The van der Waals surface area contributed by atoms with E-state index in [0.29, 0.717) is 0 Å². The second kappa shape index (κ2) is 5.88. The normalized spacial score (nSPS) is 12.3. The van der Waals surface area contributed by atoms with Gasteiger partial charge in [0.1, 0.15) is 11.5 Å². The summed E-state index contributed by atoms with van der Waals surface area (Å²) < 4.78 is 7.00. The number of hydrogen-bond acceptors (Lipinski definition) is 2. The number of fused-ring (bicyclic) bond motifs is 1. The first-order chi connectivity index (χ1) is 10.1. The molecule has 0 unspecified atom stereocenters. The lowest BCUT2D eigenvalue weighted by Gasteiger charge is -2.12. The molecule has 106 valence electrons. The number of hydrogen-bond donors (Lipinski definition) is 1. The van der Waals surface area contributed by atoms with Gasteiger partial charge in [-0.2, -0.15) is 0 Å². The Balaban J connectivity index is 1.97. The van der Waals surface area contributed by atoms with Gasteiger partial charge in [0.15, 0.2) is 0 Å². The fourth-order valence-electron chi connectivity index (χ4n) is 2.35. The van der Waals surface area contributed by atoms with Gasteiger partial charge in [-0.3, -0.25) is 0 Å². The van der Waals surface area contributed by atoms with Gasteiger partial charge < -0.3 is 10.5 Å². The van der Waals surface area contributed by atoms with Crippen LogP contribution < -0.4 is 10.5 Å². The Morgan fingerprint density at radius 1 is 1.00 bits per heavy atom. The molecule has 0 aliphatic carbocycles. The molecule has 0 radical (unpaired) electrons. The summed E-state index contributed by atoms with van der Waals surface area (Å²) in [7, 11) is 0. The average Bonchev–Trinajstić information content (AvgIpc) is 2.47. The molecule has 3 heteroatoms. The minimum Gasteiger partial charge on any atom is -0.457 e. The molecule has 3 aromatic carbocycles. The van der Waals surface area contributed by atoms with E-state index in [9.17, 15) is 0 Å². The zero-order valence-electron chi connectivity index (χ0n) is 11.7. The van der Waals surface area contributed by atoms with Crippen LogP contribution >= 0.6 is 15.9 Å². The van der Waals surface area contributed by atoms with E-state index in [4.69, 9.17) is 10.5 Å². The highest BCUT2D eigenvalue weighted by Crippen LogP contribution is 2.32. The van der Waals surface area contributed by atoms with Crippen molar-refractivity contribution in [1.29, 1.82) is 0 Å². The molecule has 0 bridgehead atoms. The van der Waals surface area contributed by atoms with Crippen molar-refractivity contribution in [2.24, 2.45) is 5.73 Å². The maximum absolute atomic E-state index is 6.04. The molecule has 21 heavy (non-hydrogen) atoms. The highest BCUT2D eigenvalue weighted by atomic mass is 79.9. The summed E-state index contributed by atoms with van der Waals surface area (Å²) in [5.41, 5.74) is 6.99. The van der Waals surface area contributed by atoms with Crippen molar-refractivity contribution in [3.63, 3.8) is 0 Å². The fraction of sp³-hybridized carbons (Fsp3) is 0.111. The Morgan fingerprint density at radius 2 is 1.76 bits per heavy atom. The third kappa shape index (κ3) is 2.94. The summed E-state index contributed by atoms with van der Waals surface area (Å²) in [6.07, 6.45) is 0. The molecule has 0 amide bonds. The average molecular weight is 342 g/mol. The third-order valence-corrected chi connectivity index (χ3v) is 4.13. The van der Waals surface area contributed by atoms with E-state index in [1.807, 2.05) is 49.4 Å². The fourth-order valence-corrected chi connectivity index (χ4v) is 3.07. The van der Waals surface area contributed by atoms with Gasteiger partial charge in [-0.25, -0.2) is 0 Å². The quantitative estimate of drug-likeness (QED) is 0.690. The van der Waals surface area contributed by atoms with Crippen LogP contribution in [0.25, 0.3) is 10.8 Å². The topological polar surface area (TPSA) is 35.2 Å². The van der Waals surface area contributed by atoms with Crippen molar-refractivity contribution in [2.75, 3.05) is 0 Å². The van der Waals surface area contributed by atoms with E-state index in [-0.39, 0.29) is 6.04 Å².